The summed E-state index contributed by atoms with van der Waals surface area (Å²) in [5.74, 6) is -2.31. The smallest absolute Gasteiger partial charge is 0.425 e. The van der Waals surface area contributed by atoms with Gasteiger partial charge in [0, 0.05) is 43.2 Å². The molecule has 2 amide bonds. The predicted molar refractivity (Wildman–Crippen MR) is 186 cm³/mol. The van der Waals surface area contributed by atoms with E-state index < -0.39 is 68.9 Å². The van der Waals surface area contributed by atoms with Gasteiger partial charge in [-0.3, -0.25) is 19.4 Å². The third-order valence-electron chi connectivity index (χ3n) is 10.8. The van der Waals surface area contributed by atoms with Gasteiger partial charge in [0.25, 0.3) is 11.8 Å². The van der Waals surface area contributed by atoms with Crippen LogP contribution in [0.3, 0.4) is 0 Å². The van der Waals surface area contributed by atoms with Gasteiger partial charge in [-0.25, -0.2) is 0 Å². The Balaban J connectivity index is 1.30. The number of para-hydroxylation sites is 1. The number of likely N-dealkylation sites (tertiary alicyclic amines) is 2. The van der Waals surface area contributed by atoms with Gasteiger partial charge in [-0.05, 0) is 68.9 Å². The fourth-order valence-corrected chi connectivity index (χ4v) is 8.54. The molecule has 0 bridgehead atoms. The van der Waals surface area contributed by atoms with Crippen LogP contribution in [0.4, 0.5) is 26.3 Å². The number of carbonyl (C=O) groups is 3. The lowest BCUT2D eigenvalue weighted by Crippen LogP contribution is -2.68. The minimum absolute atomic E-state index is 0.0106. The molecule has 2 aliphatic heterocycles. The van der Waals surface area contributed by atoms with E-state index in [0.717, 1.165) is 35.4 Å². The molecule has 1 aliphatic carbocycles. The zero-order valence-electron chi connectivity index (χ0n) is 29.9. The van der Waals surface area contributed by atoms with Crippen LogP contribution in [0.5, 0.6) is 10.8 Å². The van der Waals surface area contributed by atoms with Gasteiger partial charge >= 0.3 is 18.3 Å². The number of thiophene rings is 1. The predicted octanol–water partition coefficient (Wildman–Crippen LogP) is 7.55. The van der Waals surface area contributed by atoms with Crippen LogP contribution in [-0.2, 0) is 27.5 Å². The lowest BCUT2D eigenvalue weighted by Gasteiger charge is -2.51. The number of benzene rings is 1. The van der Waals surface area contributed by atoms with Crippen molar-refractivity contribution in [3.8, 4) is 10.8 Å². The number of carboxylic acids is 1. The first-order chi connectivity index (χ1) is 25.9. The molecule has 6 rings (SSSR count). The molecular formula is C38H41F6N3O7S. The molecule has 298 valence electrons. The zero-order valence-corrected chi connectivity index (χ0v) is 30.7. The van der Waals surface area contributed by atoms with Crippen LogP contribution in [0.15, 0.2) is 54.7 Å². The summed E-state index contributed by atoms with van der Waals surface area (Å²) >= 11 is 0.271. The number of hydrogen-bond acceptors (Lipinski definition) is 8. The number of halogens is 6. The first kappa shape index (κ1) is 40.3. The summed E-state index contributed by atoms with van der Waals surface area (Å²) in [7, 11) is 0. The van der Waals surface area contributed by atoms with Gasteiger partial charge in [-0.15, -0.1) is 0 Å². The summed E-state index contributed by atoms with van der Waals surface area (Å²) in [6.07, 6.45) is -6.78. The summed E-state index contributed by atoms with van der Waals surface area (Å²) in [5, 5.41) is 21.0. The number of carboxylic acid groups (broad SMARTS) is 1. The van der Waals surface area contributed by atoms with Gasteiger partial charge in [0.1, 0.15) is 16.3 Å². The molecule has 2 aromatic heterocycles. The lowest BCUT2D eigenvalue weighted by molar-refractivity contribution is -0.163. The average molecular weight is 798 g/mol. The molecule has 0 unspecified atom stereocenters. The van der Waals surface area contributed by atoms with Gasteiger partial charge in [-0.1, -0.05) is 42.9 Å². The SMILES string of the molecule is CCC[C@H]1N(C(=O)c2ncccc2C(F)(F)F)CCC[C@@]1(Oc1ccc(C(F)(F)F)s1)C(=O)N1CCC(O)(c2ccccc2OCC2(CC(=O)O)CC2)CC1. The Labute approximate surface area is 317 Å². The van der Waals surface area contributed by atoms with E-state index in [1.165, 1.54) is 4.90 Å². The van der Waals surface area contributed by atoms with Gasteiger partial charge in [0.15, 0.2) is 5.06 Å². The number of ether oxygens (including phenoxy) is 2. The third-order valence-corrected chi connectivity index (χ3v) is 11.8. The number of alkyl halides is 6. The molecule has 55 heavy (non-hydrogen) atoms. The Morgan fingerprint density at radius 1 is 0.927 bits per heavy atom. The molecule has 3 aromatic rings. The molecule has 1 aromatic carbocycles. The van der Waals surface area contributed by atoms with E-state index >= 15 is 0 Å². The normalized spacial score (nSPS) is 22.2. The summed E-state index contributed by atoms with van der Waals surface area (Å²) in [6.45, 7) is 1.75. The number of aliphatic hydroxyl groups is 1. The van der Waals surface area contributed by atoms with Crippen molar-refractivity contribution < 1.29 is 60.4 Å². The molecule has 0 spiro atoms. The molecule has 1 saturated carbocycles. The number of amides is 2. The molecule has 4 heterocycles. The van der Waals surface area contributed by atoms with E-state index in [-0.39, 0.29) is 81.2 Å². The van der Waals surface area contributed by atoms with Gasteiger partial charge < -0.3 is 29.5 Å². The monoisotopic (exact) mass is 797 g/mol. The molecule has 2 atom stereocenters. The maximum absolute atomic E-state index is 14.9. The molecular weight excluding hydrogens is 756 g/mol. The lowest BCUT2D eigenvalue weighted by atomic mass is 9.78. The van der Waals surface area contributed by atoms with E-state index in [0.29, 0.717) is 30.6 Å². The highest BCUT2D eigenvalue weighted by Gasteiger charge is 2.57. The standard InChI is InChI=1S/C38H41F6N3O7S/c1-2-7-27-36(54-30-12-11-28(55-30)38(42,43)44,13-6-19-47(27)32(50)31-25(37(39,40)41)9-5-18-45-31)33(51)46-20-16-35(52,17-21-46)24-8-3-4-10-26(24)53-23-34(14-15-34)22-29(48)49/h3-5,8-12,18,27,52H,2,6-7,13-17,19-23H2,1H3,(H,48,49)/t27-,36+/m1/s1. The molecule has 10 nitrogen and oxygen atoms in total. The quantitative estimate of drug-likeness (QED) is 0.180. The van der Waals surface area contributed by atoms with Crippen LogP contribution in [0.25, 0.3) is 0 Å². The topological polar surface area (TPSA) is 130 Å². The van der Waals surface area contributed by atoms with Crippen LogP contribution in [0.1, 0.15) is 91.2 Å². The molecule has 2 N–H and O–H groups in total. The van der Waals surface area contributed by atoms with Crippen LogP contribution in [0, 0.1) is 5.41 Å². The number of hydrogen-bond donors (Lipinski definition) is 2. The van der Waals surface area contributed by atoms with E-state index in [2.05, 4.69) is 4.98 Å². The van der Waals surface area contributed by atoms with E-state index in [4.69, 9.17) is 9.47 Å². The number of piperidine rings is 2. The number of pyridine rings is 1. The third kappa shape index (κ3) is 8.42. The fourth-order valence-electron chi connectivity index (χ4n) is 7.75. The Hall–Kier alpha value is -4.38. The molecule has 2 saturated heterocycles. The average Bonchev–Trinajstić information content (AvgIpc) is 3.72. The van der Waals surface area contributed by atoms with E-state index in [9.17, 15) is 50.9 Å². The number of aliphatic carboxylic acids is 1. The molecule has 0 radical (unpaired) electrons. The fraction of sp³-hybridized carbons (Fsp3) is 0.526. The van der Waals surface area contributed by atoms with Crippen LogP contribution < -0.4 is 9.47 Å². The highest BCUT2D eigenvalue weighted by Crippen LogP contribution is 2.50. The van der Waals surface area contributed by atoms with Gasteiger partial charge in [0.05, 0.1) is 30.2 Å². The highest BCUT2D eigenvalue weighted by molar-refractivity contribution is 7.13. The van der Waals surface area contributed by atoms with Gasteiger partial charge in [0.2, 0.25) is 5.60 Å². The van der Waals surface area contributed by atoms with Crippen molar-refractivity contribution in [1.29, 1.82) is 0 Å². The summed E-state index contributed by atoms with van der Waals surface area (Å²) < 4.78 is 95.6. The number of rotatable bonds is 12. The first-order valence-electron chi connectivity index (χ1n) is 18.1. The summed E-state index contributed by atoms with van der Waals surface area (Å²) in [4.78, 5) is 45.7. The van der Waals surface area contributed by atoms with Crippen molar-refractivity contribution in [3.05, 3.63) is 76.4 Å². The number of aromatic nitrogens is 1. The second-order valence-electron chi connectivity index (χ2n) is 14.6. The van der Waals surface area contributed by atoms with Crippen LogP contribution in [-0.4, -0.2) is 80.7 Å². The number of carbonyl (C=O) groups excluding carboxylic acids is 2. The second-order valence-corrected chi connectivity index (χ2v) is 15.6. The first-order valence-corrected chi connectivity index (χ1v) is 18.9. The summed E-state index contributed by atoms with van der Waals surface area (Å²) in [6, 6.07) is 9.30. The molecule has 3 aliphatic rings. The van der Waals surface area contributed by atoms with Crippen molar-refractivity contribution in [2.24, 2.45) is 5.41 Å². The van der Waals surface area contributed by atoms with Crippen molar-refractivity contribution in [3.63, 3.8) is 0 Å². The Morgan fingerprint density at radius 3 is 2.25 bits per heavy atom. The van der Waals surface area contributed by atoms with E-state index in [1.54, 1.807) is 31.2 Å². The largest absolute Gasteiger partial charge is 0.493 e. The van der Waals surface area contributed by atoms with Crippen molar-refractivity contribution >= 4 is 29.1 Å². The van der Waals surface area contributed by atoms with E-state index in [1.807, 2.05) is 0 Å². The Morgan fingerprint density at radius 2 is 1.64 bits per heavy atom. The maximum atomic E-state index is 14.9. The minimum Gasteiger partial charge on any atom is -0.493 e. The van der Waals surface area contributed by atoms with Crippen molar-refractivity contribution in [2.75, 3.05) is 26.2 Å². The zero-order chi connectivity index (χ0) is 39.8. The van der Waals surface area contributed by atoms with Gasteiger partial charge in [-0.2, -0.15) is 26.3 Å². The molecule has 3 fully saturated rings. The van der Waals surface area contributed by atoms with Crippen molar-refractivity contribution in [2.45, 2.75) is 94.3 Å². The Kier molecular flexibility index (Phi) is 11.2. The maximum Gasteiger partial charge on any atom is 0.425 e. The Bertz CT molecular complexity index is 1890. The molecule has 17 heteroatoms. The van der Waals surface area contributed by atoms with Crippen molar-refractivity contribution in [1.82, 2.24) is 14.8 Å². The summed E-state index contributed by atoms with van der Waals surface area (Å²) in [5.41, 5.74) is -5.64. The minimum atomic E-state index is -4.92. The number of nitrogens with zero attached hydrogens (tertiary/aromatic N) is 3. The highest BCUT2D eigenvalue weighted by atomic mass is 32.1. The second kappa shape index (κ2) is 15.3. The van der Waals surface area contributed by atoms with Crippen LogP contribution in [0.2, 0.25) is 0 Å². The van der Waals surface area contributed by atoms with Crippen LogP contribution >= 0.6 is 11.3 Å².